The van der Waals surface area contributed by atoms with E-state index in [1.165, 1.54) is 6.07 Å². The van der Waals surface area contributed by atoms with Crippen molar-refractivity contribution in [3.8, 4) is 0 Å². The molecule has 0 atom stereocenters. The summed E-state index contributed by atoms with van der Waals surface area (Å²) in [6, 6.07) is 2.41. The van der Waals surface area contributed by atoms with Gasteiger partial charge in [-0.25, -0.2) is 9.18 Å². The Labute approximate surface area is 142 Å². The fourth-order valence-electron chi connectivity index (χ4n) is 3.04. The van der Waals surface area contributed by atoms with E-state index >= 15 is 0 Å². The predicted molar refractivity (Wildman–Crippen MR) is 90.3 cm³/mol. The number of aryl methyl sites for hydroxylation is 1. The van der Waals surface area contributed by atoms with Gasteiger partial charge in [-0.2, -0.15) is 0 Å². The van der Waals surface area contributed by atoms with Gasteiger partial charge < -0.3 is 14.5 Å². The van der Waals surface area contributed by atoms with Crippen LogP contribution in [0.3, 0.4) is 0 Å². The molecule has 6 heteroatoms. The van der Waals surface area contributed by atoms with Crippen molar-refractivity contribution in [3.05, 3.63) is 29.1 Å². The van der Waals surface area contributed by atoms with Gasteiger partial charge in [-0.05, 0) is 38.5 Å². The normalized spacial score (nSPS) is 15.8. The minimum atomic E-state index is -0.635. The van der Waals surface area contributed by atoms with E-state index in [-0.39, 0.29) is 18.1 Å². The number of ether oxygens (including phenoxy) is 1. The number of rotatable bonds is 6. The van der Waals surface area contributed by atoms with Crippen LogP contribution in [-0.4, -0.2) is 49.1 Å². The number of quaternary nitrogens is 1. The van der Waals surface area contributed by atoms with E-state index < -0.39 is 17.3 Å². The molecule has 1 aromatic rings. The molecule has 1 aromatic carbocycles. The number of nitrogens with zero attached hydrogens (tertiary/aromatic N) is 1. The minimum Gasteiger partial charge on any atom is -0.462 e. The molecule has 1 saturated carbocycles. The van der Waals surface area contributed by atoms with E-state index in [1.807, 2.05) is 21.0 Å². The summed E-state index contributed by atoms with van der Waals surface area (Å²) in [6.45, 7) is 6.40. The monoisotopic (exact) mass is 337 g/mol. The van der Waals surface area contributed by atoms with Crippen molar-refractivity contribution in [2.75, 3.05) is 32.6 Å². The van der Waals surface area contributed by atoms with Crippen LogP contribution in [0.4, 0.5) is 10.1 Å². The molecule has 0 unspecified atom stereocenters. The van der Waals surface area contributed by atoms with Crippen molar-refractivity contribution < 1.29 is 23.2 Å². The van der Waals surface area contributed by atoms with E-state index in [1.54, 1.807) is 13.8 Å². The zero-order valence-corrected chi connectivity index (χ0v) is 15.0. The molecule has 1 N–H and O–H groups in total. The molecule has 0 bridgehead atoms. The van der Waals surface area contributed by atoms with Crippen molar-refractivity contribution in [1.29, 1.82) is 0 Å². The minimum absolute atomic E-state index is 0.0558. The van der Waals surface area contributed by atoms with Gasteiger partial charge in [-0.15, -0.1) is 0 Å². The zero-order valence-electron chi connectivity index (χ0n) is 15.0. The highest BCUT2D eigenvalue weighted by molar-refractivity contribution is 6.05. The number of esters is 1. The Morgan fingerprint density at radius 1 is 1.29 bits per heavy atom. The lowest BCUT2D eigenvalue weighted by molar-refractivity contribution is -0.914. The summed E-state index contributed by atoms with van der Waals surface area (Å²) in [6.07, 6.45) is 1.60. The zero-order chi connectivity index (χ0) is 18.1. The Kier molecular flexibility index (Phi) is 4.99. The first-order valence-corrected chi connectivity index (χ1v) is 8.30. The first-order valence-electron chi connectivity index (χ1n) is 8.30. The van der Waals surface area contributed by atoms with E-state index in [0.717, 1.165) is 25.5 Å². The van der Waals surface area contributed by atoms with Crippen LogP contribution in [0.25, 0.3) is 0 Å². The van der Waals surface area contributed by atoms with Gasteiger partial charge in [0.1, 0.15) is 5.82 Å². The van der Waals surface area contributed by atoms with Crippen LogP contribution in [0.1, 0.15) is 42.6 Å². The summed E-state index contributed by atoms with van der Waals surface area (Å²) in [7, 11) is 4.05. The Bertz CT molecular complexity index is 666. The van der Waals surface area contributed by atoms with E-state index in [4.69, 9.17) is 4.74 Å². The van der Waals surface area contributed by atoms with E-state index in [2.05, 4.69) is 5.32 Å². The third-order valence-corrected chi connectivity index (χ3v) is 5.13. The number of carbonyl (C=O) groups excluding carboxylic acids is 2. The maximum atomic E-state index is 13.7. The largest absolute Gasteiger partial charge is 0.462 e. The van der Waals surface area contributed by atoms with Crippen molar-refractivity contribution in [2.45, 2.75) is 39.2 Å². The molecule has 132 valence electrons. The van der Waals surface area contributed by atoms with Gasteiger partial charge in [0.15, 0.2) is 5.54 Å². The number of anilines is 1. The molecule has 1 fully saturated rings. The van der Waals surface area contributed by atoms with Gasteiger partial charge in [0.2, 0.25) is 0 Å². The fraction of sp³-hybridized carbons (Fsp3) is 0.556. The van der Waals surface area contributed by atoms with Crippen LogP contribution in [0, 0.1) is 12.7 Å². The van der Waals surface area contributed by atoms with Crippen LogP contribution >= 0.6 is 0 Å². The SMILES string of the molecule is CCOC(=O)c1cc(F)cc(C)c1NC(=O)C1([N+](C)(C)CC)CC1. The predicted octanol–water partition coefficient (Wildman–Crippen LogP) is 2.88. The smallest absolute Gasteiger partial charge is 0.340 e. The summed E-state index contributed by atoms with van der Waals surface area (Å²) in [4.78, 5) is 25.0. The second kappa shape index (κ2) is 6.51. The summed E-state index contributed by atoms with van der Waals surface area (Å²) in [5.74, 6) is -1.29. The molecule has 1 aliphatic carbocycles. The lowest BCUT2D eigenvalue weighted by atomic mass is 10.1. The number of amides is 1. The van der Waals surface area contributed by atoms with Crippen LogP contribution in [0.5, 0.6) is 0 Å². The molecular formula is C18H26FN2O3+. The topological polar surface area (TPSA) is 55.4 Å². The van der Waals surface area contributed by atoms with Gasteiger partial charge in [0, 0.05) is 12.8 Å². The fourth-order valence-corrected chi connectivity index (χ4v) is 3.04. The Morgan fingerprint density at radius 2 is 1.92 bits per heavy atom. The quantitative estimate of drug-likeness (QED) is 0.641. The maximum absolute atomic E-state index is 13.7. The number of carbonyl (C=O) groups is 2. The maximum Gasteiger partial charge on any atom is 0.340 e. The van der Waals surface area contributed by atoms with Crippen LogP contribution in [-0.2, 0) is 9.53 Å². The average molecular weight is 337 g/mol. The van der Waals surface area contributed by atoms with Crippen LogP contribution in [0.15, 0.2) is 12.1 Å². The van der Waals surface area contributed by atoms with Crippen LogP contribution < -0.4 is 5.32 Å². The average Bonchev–Trinajstić information content (AvgIpc) is 3.32. The van der Waals surface area contributed by atoms with Crippen molar-refractivity contribution in [2.24, 2.45) is 0 Å². The lowest BCUT2D eigenvalue weighted by Gasteiger charge is -2.36. The molecule has 5 nitrogen and oxygen atoms in total. The number of hydrogen-bond donors (Lipinski definition) is 1. The molecular weight excluding hydrogens is 311 g/mol. The standard InChI is InChI=1S/C18H25FN2O3/c1-6-21(4,5)18(8-9-18)17(23)20-15-12(3)10-13(19)11-14(15)16(22)24-7-2/h10-11H,6-9H2,1-5H3/p+1. The Morgan fingerprint density at radius 3 is 2.42 bits per heavy atom. The second-order valence-corrected chi connectivity index (χ2v) is 6.85. The highest BCUT2D eigenvalue weighted by Gasteiger charge is 2.62. The van der Waals surface area contributed by atoms with Gasteiger partial charge in [0.05, 0.1) is 38.5 Å². The van der Waals surface area contributed by atoms with Crippen molar-refractivity contribution in [3.63, 3.8) is 0 Å². The lowest BCUT2D eigenvalue weighted by Crippen LogP contribution is -2.56. The van der Waals surface area contributed by atoms with Crippen molar-refractivity contribution in [1.82, 2.24) is 0 Å². The number of benzene rings is 1. The summed E-state index contributed by atoms with van der Waals surface area (Å²) >= 11 is 0. The van der Waals surface area contributed by atoms with Gasteiger partial charge in [-0.3, -0.25) is 4.79 Å². The Hall–Kier alpha value is -1.95. The highest BCUT2D eigenvalue weighted by atomic mass is 19.1. The van der Waals surface area contributed by atoms with Gasteiger partial charge in [-0.1, -0.05) is 0 Å². The summed E-state index contributed by atoms with van der Waals surface area (Å²) in [5.41, 5.74) is 0.410. The van der Waals surface area contributed by atoms with Gasteiger partial charge in [0.25, 0.3) is 5.91 Å². The highest BCUT2D eigenvalue weighted by Crippen LogP contribution is 2.46. The molecule has 0 heterocycles. The Balaban J connectivity index is 2.36. The van der Waals surface area contributed by atoms with Crippen LogP contribution in [0.2, 0.25) is 0 Å². The molecule has 0 saturated heterocycles. The van der Waals surface area contributed by atoms with E-state index in [9.17, 15) is 14.0 Å². The summed E-state index contributed by atoms with van der Waals surface area (Å²) < 4.78 is 19.3. The van der Waals surface area contributed by atoms with Crippen molar-refractivity contribution >= 4 is 17.6 Å². The molecule has 1 amide bonds. The summed E-state index contributed by atoms with van der Waals surface area (Å²) in [5, 5.41) is 2.87. The number of hydrogen-bond acceptors (Lipinski definition) is 3. The number of nitrogens with one attached hydrogen (secondary N) is 1. The van der Waals surface area contributed by atoms with Gasteiger partial charge >= 0.3 is 5.97 Å². The number of halogens is 1. The molecule has 0 radical (unpaired) electrons. The first kappa shape index (κ1) is 18.4. The second-order valence-electron chi connectivity index (χ2n) is 6.85. The van der Waals surface area contributed by atoms with E-state index in [0.29, 0.717) is 15.7 Å². The molecule has 0 spiro atoms. The molecule has 0 aliphatic heterocycles. The number of likely N-dealkylation sites (N-methyl/N-ethyl adjacent to an activating group) is 1. The first-order chi connectivity index (χ1) is 11.2. The third kappa shape index (κ3) is 3.15. The molecule has 1 aliphatic rings. The molecule has 0 aromatic heterocycles. The third-order valence-electron chi connectivity index (χ3n) is 5.13. The molecule has 24 heavy (non-hydrogen) atoms. The molecule has 2 rings (SSSR count).